The molecule has 2 aromatic rings. The summed E-state index contributed by atoms with van der Waals surface area (Å²) in [6.45, 7) is 0. The van der Waals surface area contributed by atoms with E-state index in [2.05, 4.69) is 26.5 Å². The maximum atomic E-state index is 13.4. The van der Waals surface area contributed by atoms with Crippen LogP contribution in [0, 0.1) is 5.82 Å². The molecule has 1 atom stereocenters. The second kappa shape index (κ2) is 5.60. The fourth-order valence-corrected chi connectivity index (χ4v) is 2.25. The molecule has 6 heteroatoms. The summed E-state index contributed by atoms with van der Waals surface area (Å²) in [6, 6.07) is 4.87. The van der Waals surface area contributed by atoms with Gasteiger partial charge in [0, 0.05) is 18.8 Å². The van der Waals surface area contributed by atoms with Gasteiger partial charge in [0.2, 0.25) is 0 Å². The Hall–Kier alpha value is -1.24. The third-order valence-electron chi connectivity index (χ3n) is 2.78. The SMILES string of the molecule is Cn1cc(C(Cc2cccc(F)c2Br)NN)cn1. The number of nitrogens with two attached hydrogens (primary N) is 1. The Morgan fingerprint density at radius 1 is 1.56 bits per heavy atom. The molecule has 4 nitrogen and oxygen atoms in total. The predicted molar refractivity (Wildman–Crippen MR) is 71.1 cm³/mol. The second-order valence-electron chi connectivity index (χ2n) is 4.08. The van der Waals surface area contributed by atoms with Crippen LogP contribution < -0.4 is 11.3 Å². The van der Waals surface area contributed by atoms with E-state index in [0.29, 0.717) is 10.9 Å². The number of hydrazine groups is 1. The lowest BCUT2D eigenvalue weighted by molar-refractivity contribution is 0.546. The van der Waals surface area contributed by atoms with Crippen LogP contribution in [0.1, 0.15) is 17.2 Å². The van der Waals surface area contributed by atoms with Crippen LogP contribution in [0.5, 0.6) is 0 Å². The van der Waals surface area contributed by atoms with Crippen LogP contribution >= 0.6 is 15.9 Å². The molecule has 0 aliphatic carbocycles. The second-order valence-corrected chi connectivity index (χ2v) is 4.88. The highest BCUT2D eigenvalue weighted by Gasteiger charge is 2.15. The highest BCUT2D eigenvalue weighted by molar-refractivity contribution is 9.10. The molecule has 0 radical (unpaired) electrons. The molecule has 1 aromatic carbocycles. The molecule has 0 saturated heterocycles. The van der Waals surface area contributed by atoms with Crippen molar-refractivity contribution in [3.63, 3.8) is 0 Å². The molecule has 0 amide bonds. The first kappa shape index (κ1) is 13.2. The molecule has 1 heterocycles. The summed E-state index contributed by atoms with van der Waals surface area (Å²) in [6.07, 6.45) is 4.22. The van der Waals surface area contributed by atoms with Crippen LogP contribution in [-0.4, -0.2) is 9.78 Å². The van der Waals surface area contributed by atoms with Gasteiger partial charge in [0.05, 0.1) is 16.7 Å². The normalized spacial score (nSPS) is 12.7. The van der Waals surface area contributed by atoms with Crippen LogP contribution in [0.3, 0.4) is 0 Å². The number of aromatic nitrogens is 2. The minimum absolute atomic E-state index is 0.100. The number of nitrogens with one attached hydrogen (secondary N) is 1. The van der Waals surface area contributed by atoms with Crippen molar-refractivity contribution in [3.05, 3.63) is 52.0 Å². The number of halogens is 2. The van der Waals surface area contributed by atoms with Gasteiger partial charge in [0.1, 0.15) is 5.82 Å². The zero-order chi connectivity index (χ0) is 13.1. The van der Waals surface area contributed by atoms with Crippen LogP contribution in [0.2, 0.25) is 0 Å². The minimum Gasteiger partial charge on any atom is -0.275 e. The van der Waals surface area contributed by atoms with Gasteiger partial charge in [0.25, 0.3) is 0 Å². The Labute approximate surface area is 113 Å². The van der Waals surface area contributed by atoms with Crippen LogP contribution in [0.4, 0.5) is 4.39 Å². The molecule has 0 aliphatic rings. The summed E-state index contributed by atoms with van der Waals surface area (Å²) >= 11 is 3.25. The Kier molecular flexibility index (Phi) is 4.11. The van der Waals surface area contributed by atoms with E-state index < -0.39 is 0 Å². The van der Waals surface area contributed by atoms with Crippen molar-refractivity contribution in [1.82, 2.24) is 15.2 Å². The smallest absolute Gasteiger partial charge is 0.137 e. The minimum atomic E-state index is -0.269. The maximum Gasteiger partial charge on any atom is 0.137 e. The van der Waals surface area contributed by atoms with Crippen molar-refractivity contribution in [2.75, 3.05) is 0 Å². The number of hydrogen-bond donors (Lipinski definition) is 2. The average Bonchev–Trinajstić information content (AvgIpc) is 2.78. The summed E-state index contributed by atoms with van der Waals surface area (Å²) in [7, 11) is 1.84. The highest BCUT2D eigenvalue weighted by atomic mass is 79.9. The van der Waals surface area contributed by atoms with Crippen molar-refractivity contribution in [2.45, 2.75) is 12.5 Å². The van der Waals surface area contributed by atoms with Gasteiger partial charge in [-0.1, -0.05) is 12.1 Å². The summed E-state index contributed by atoms with van der Waals surface area (Å²) in [5, 5.41) is 4.10. The highest BCUT2D eigenvalue weighted by Crippen LogP contribution is 2.25. The monoisotopic (exact) mass is 312 g/mol. The molecular formula is C12H14BrFN4. The molecule has 0 spiro atoms. The van der Waals surface area contributed by atoms with Crippen molar-refractivity contribution in [3.8, 4) is 0 Å². The first-order valence-electron chi connectivity index (χ1n) is 5.49. The van der Waals surface area contributed by atoms with E-state index in [9.17, 15) is 4.39 Å². The molecule has 0 fully saturated rings. The molecular weight excluding hydrogens is 299 g/mol. The van der Waals surface area contributed by atoms with E-state index >= 15 is 0 Å². The molecule has 1 aromatic heterocycles. The van der Waals surface area contributed by atoms with Gasteiger partial charge < -0.3 is 0 Å². The van der Waals surface area contributed by atoms with Gasteiger partial charge in [-0.2, -0.15) is 5.10 Å². The first-order chi connectivity index (χ1) is 8.61. The van der Waals surface area contributed by atoms with Crippen LogP contribution in [0.25, 0.3) is 0 Å². The molecule has 0 aliphatic heterocycles. The summed E-state index contributed by atoms with van der Waals surface area (Å²) in [5.41, 5.74) is 4.56. The Bertz CT molecular complexity index is 541. The molecule has 1 unspecified atom stereocenters. The summed E-state index contributed by atoms with van der Waals surface area (Å²) in [5.74, 6) is 5.28. The van der Waals surface area contributed by atoms with Crippen molar-refractivity contribution < 1.29 is 4.39 Å². The molecule has 18 heavy (non-hydrogen) atoms. The van der Waals surface area contributed by atoms with Crippen molar-refractivity contribution in [2.24, 2.45) is 12.9 Å². The number of nitrogens with zero attached hydrogens (tertiary/aromatic N) is 2. The predicted octanol–water partition coefficient (Wildman–Crippen LogP) is 2.07. The summed E-state index contributed by atoms with van der Waals surface area (Å²) in [4.78, 5) is 0. The topological polar surface area (TPSA) is 55.9 Å². The lowest BCUT2D eigenvalue weighted by Crippen LogP contribution is -2.29. The summed E-state index contributed by atoms with van der Waals surface area (Å²) < 4.78 is 15.6. The van der Waals surface area contributed by atoms with Gasteiger partial charge >= 0.3 is 0 Å². The lowest BCUT2D eigenvalue weighted by atomic mass is 10.0. The Balaban J connectivity index is 2.23. The average molecular weight is 313 g/mol. The van der Waals surface area contributed by atoms with Crippen LogP contribution in [-0.2, 0) is 13.5 Å². The van der Waals surface area contributed by atoms with Gasteiger partial charge in [0.15, 0.2) is 0 Å². The van der Waals surface area contributed by atoms with Gasteiger partial charge in [-0.3, -0.25) is 16.0 Å². The standard InChI is InChI=1S/C12H14BrFN4/c1-18-7-9(6-16-18)11(17-15)5-8-3-2-4-10(14)12(8)13/h2-4,6-7,11,17H,5,15H2,1H3. The lowest BCUT2D eigenvalue weighted by Gasteiger charge is -2.15. The fourth-order valence-electron chi connectivity index (χ4n) is 1.82. The number of benzene rings is 1. The van der Waals surface area contributed by atoms with Crippen molar-refractivity contribution >= 4 is 15.9 Å². The van der Waals surface area contributed by atoms with E-state index in [0.717, 1.165) is 11.1 Å². The Morgan fingerprint density at radius 2 is 2.33 bits per heavy atom. The number of hydrogen-bond acceptors (Lipinski definition) is 3. The van der Waals surface area contributed by atoms with E-state index in [1.54, 1.807) is 16.9 Å². The van der Waals surface area contributed by atoms with Crippen LogP contribution in [0.15, 0.2) is 35.1 Å². The van der Waals surface area contributed by atoms with E-state index in [-0.39, 0.29) is 11.9 Å². The third-order valence-corrected chi connectivity index (χ3v) is 3.67. The van der Waals surface area contributed by atoms with Crippen molar-refractivity contribution in [1.29, 1.82) is 0 Å². The maximum absolute atomic E-state index is 13.4. The molecule has 0 saturated carbocycles. The number of aryl methyl sites for hydroxylation is 1. The molecule has 2 rings (SSSR count). The number of rotatable bonds is 4. The third kappa shape index (κ3) is 2.77. The van der Waals surface area contributed by atoms with E-state index in [4.69, 9.17) is 5.84 Å². The quantitative estimate of drug-likeness (QED) is 0.671. The van der Waals surface area contributed by atoms with Gasteiger partial charge in [-0.05, 0) is 34.0 Å². The fraction of sp³-hybridized carbons (Fsp3) is 0.250. The van der Waals surface area contributed by atoms with Gasteiger partial charge in [-0.15, -0.1) is 0 Å². The molecule has 3 N–H and O–H groups in total. The molecule has 96 valence electrons. The van der Waals surface area contributed by atoms with E-state index in [1.807, 2.05) is 19.3 Å². The van der Waals surface area contributed by atoms with E-state index in [1.165, 1.54) is 6.07 Å². The first-order valence-corrected chi connectivity index (χ1v) is 6.28. The van der Waals surface area contributed by atoms with Gasteiger partial charge in [-0.25, -0.2) is 4.39 Å². The Morgan fingerprint density at radius 3 is 2.94 bits per heavy atom. The molecule has 0 bridgehead atoms. The largest absolute Gasteiger partial charge is 0.275 e. The zero-order valence-electron chi connectivity index (χ0n) is 9.90. The zero-order valence-corrected chi connectivity index (χ0v) is 11.5.